The van der Waals surface area contributed by atoms with Crippen molar-refractivity contribution in [2.45, 2.75) is 19.9 Å². The van der Waals surface area contributed by atoms with Gasteiger partial charge in [-0.25, -0.2) is 9.48 Å². The first kappa shape index (κ1) is 14.8. The maximum Gasteiger partial charge on any atom is 0.350 e. The Hall–Kier alpha value is -2.64. The average molecular weight is 292 g/mol. The summed E-state index contributed by atoms with van der Waals surface area (Å²) in [4.78, 5) is 34.6. The summed E-state index contributed by atoms with van der Waals surface area (Å²) in [5.74, 6) is -2.03. The third-order valence-corrected chi connectivity index (χ3v) is 3.17. The fourth-order valence-corrected chi connectivity index (χ4v) is 1.91. The Bertz CT molecular complexity index is 718. The van der Waals surface area contributed by atoms with Crippen molar-refractivity contribution in [1.29, 1.82) is 0 Å². The third kappa shape index (κ3) is 3.28. The van der Waals surface area contributed by atoms with Crippen molar-refractivity contribution in [2.24, 2.45) is 5.92 Å². The molecule has 2 aromatic heterocycles. The van der Waals surface area contributed by atoms with Crippen molar-refractivity contribution in [2.75, 3.05) is 6.54 Å². The van der Waals surface area contributed by atoms with Gasteiger partial charge in [-0.05, 0) is 18.6 Å². The number of carboxylic acid groups (broad SMARTS) is 1. The summed E-state index contributed by atoms with van der Waals surface area (Å²) in [6.45, 7) is 1.53. The summed E-state index contributed by atoms with van der Waals surface area (Å²) in [6.07, 6.45) is 1.99. The van der Waals surface area contributed by atoms with Crippen molar-refractivity contribution < 1.29 is 14.7 Å². The van der Waals surface area contributed by atoms with Crippen LogP contribution >= 0.6 is 0 Å². The third-order valence-electron chi connectivity index (χ3n) is 3.17. The molecule has 8 heteroatoms. The van der Waals surface area contributed by atoms with Gasteiger partial charge in [0.25, 0.3) is 0 Å². The predicted molar refractivity (Wildman–Crippen MR) is 73.9 cm³/mol. The van der Waals surface area contributed by atoms with Crippen molar-refractivity contribution in [3.63, 3.8) is 0 Å². The number of hydrogen-bond acceptors (Lipinski definition) is 4. The molecule has 21 heavy (non-hydrogen) atoms. The number of nitrogens with zero attached hydrogens (tertiary/aromatic N) is 3. The average Bonchev–Trinajstić information content (AvgIpc) is 2.76. The molecule has 0 spiro atoms. The summed E-state index contributed by atoms with van der Waals surface area (Å²) >= 11 is 0. The van der Waals surface area contributed by atoms with Gasteiger partial charge in [0, 0.05) is 12.7 Å². The fourth-order valence-electron chi connectivity index (χ4n) is 1.91. The largest absolute Gasteiger partial charge is 0.481 e. The van der Waals surface area contributed by atoms with Gasteiger partial charge in [-0.2, -0.15) is 0 Å². The summed E-state index contributed by atoms with van der Waals surface area (Å²) in [5, 5.41) is 15.4. The molecular weight excluding hydrogens is 276 g/mol. The van der Waals surface area contributed by atoms with Crippen molar-refractivity contribution in [3.8, 4) is 0 Å². The zero-order valence-corrected chi connectivity index (χ0v) is 11.5. The number of carbonyl (C=O) groups is 2. The van der Waals surface area contributed by atoms with E-state index in [0.29, 0.717) is 12.1 Å². The van der Waals surface area contributed by atoms with E-state index in [-0.39, 0.29) is 13.1 Å². The zero-order valence-electron chi connectivity index (χ0n) is 11.5. The minimum absolute atomic E-state index is 0.0345. The van der Waals surface area contributed by atoms with Crippen LogP contribution in [-0.4, -0.2) is 37.7 Å². The number of aliphatic carboxylic acids is 1. The van der Waals surface area contributed by atoms with Crippen LogP contribution in [0.2, 0.25) is 0 Å². The van der Waals surface area contributed by atoms with Gasteiger partial charge >= 0.3 is 11.7 Å². The van der Waals surface area contributed by atoms with Crippen molar-refractivity contribution in [1.82, 2.24) is 19.5 Å². The summed E-state index contributed by atoms with van der Waals surface area (Å²) in [7, 11) is 0. The lowest BCUT2D eigenvalue weighted by Crippen LogP contribution is -2.37. The Kier molecular flexibility index (Phi) is 4.36. The Balaban J connectivity index is 2.03. The monoisotopic (exact) mass is 292 g/mol. The van der Waals surface area contributed by atoms with Gasteiger partial charge < -0.3 is 10.4 Å². The molecule has 2 aromatic rings. The molecule has 0 saturated heterocycles. The van der Waals surface area contributed by atoms with Crippen LogP contribution in [0.3, 0.4) is 0 Å². The molecule has 0 aliphatic rings. The quantitative estimate of drug-likeness (QED) is 0.762. The van der Waals surface area contributed by atoms with Gasteiger partial charge in [-0.15, -0.1) is 5.10 Å². The normalized spacial score (nSPS) is 12.2. The summed E-state index contributed by atoms with van der Waals surface area (Å²) < 4.78 is 2.38. The highest BCUT2D eigenvalue weighted by atomic mass is 16.4. The smallest absolute Gasteiger partial charge is 0.350 e. The Labute approximate surface area is 120 Å². The molecule has 2 heterocycles. The topological polar surface area (TPSA) is 106 Å². The van der Waals surface area contributed by atoms with E-state index < -0.39 is 23.5 Å². The molecular formula is C13H16N4O4. The molecule has 0 aromatic carbocycles. The highest BCUT2D eigenvalue weighted by molar-refractivity contribution is 5.77. The first-order valence-electron chi connectivity index (χ1n) is 6.56. The fraction of sp³-hybridized carbons (Fsp3) is 0.385. The number of carbonyl (C=O) groups excluding carboxylic acids is 1. The summed E-state index contributed by atoms with van der Waals surface area (Å²) in [5.41, 5.74) is 0.0401. The van der Waals surface area contributed by atoms with Crippen LogP contribution in [0.1, 0.15) is 13.3 Å². The molecule has 0 aliphatic heterocycles. The van der Waals surface area contributed by atoms with Gasteiger partial charge in [0.1, 0.15) is 6.54 Å². The number of rotatable bonds is 6. The lowest BCUT2D eigenvalue weighted by molar-refractivity contribution is -0.141. The minimum Gasteiger partial charge on any atom is -0.481 e. The molecule has 1 unspecified atom stereocenters. The Morgan fingerprint density at radius 1 is 1.43 bits per heavy atom. The van der Waals surface area contributed by atoms with E-state index in [9.17, 15) is 14.4 Å². The number of carboxylic acids is 1. The molecule has 8 nitrogen and oxygen atoms in total. The highest BCUT2D eigenvalue weighted by Gasteiger charge is 2.16. The number of fused-ring (bicyclic) bond motifs is 1. The molecule has 0 radical (unpaired) electrons. The van der Waals surface area contributed by atoms with Crippen LogP contribution in [0, 0.1) is 5.92 Å². The molecule has 0 saturated carbocycles. The number of nitrogens with one attached hydrogen (secondary N) is 1. The van der Waals surface area contributed by atoms with E-state index in [0.717, 1.165) is 4.68 Å². The Morgan fingerprint density at radius 2 is 2.19 bits per heavy atom. The van der Waals surface area contributed by atoms with Gasteiger partial charge in [0.15, 0.2) is 5.65 Å². The van der Waals surface area contributed by atoms with Crippen molar-refractivity contribution in [3.05, 3.63) is 34.9 Å². The van der Waals surface area contributed by atoms with Crippen molar-refractivity contribution >= 4 is 17.5 Å². The Morgan fingerprint density at radius 3 is 2.81 bits per heavy atom. The minimum atomic E-state index is -0.956. The van der Waals surface area contributed by atoms with E-state index in [1.54, 1.807) is 31.3 Å². The first-order chi connectivity index (χ1) is 10.0. The van der Waals surface area contributed by atoms with Crippen LogP contribution in [0.5, 0.6) is 0 Å². The second-order valence-corrected chi connectivity index (χ2v) is 4.62. The molecule has 2 rings (SSSR count). The first-order valence-corrected chi connectivity index (χ1v) is 6.56. The van der Waals surface area contributed by atoms with Crippen LogP contribution < -0.4 is 11.0 Å². The van der Waals surface area contributed by atoms with E-state index >= 15 is 0 Å². The number of hydrogen-bond donors (Lipinski definition) is 2. The highest BCUT2D eigenvalue weighted by Crippen LogP contribution is 2.00. The van der Waals surface area contributed by atoms with Gasteiger partial charge in [-0.3, -0.25) is 14.0 Å². The van der Waals surface area contributed by atoms with Crippen LogP contribution in [0.15, 0.2) is 29.2 Å². The second-order valence-electron chi connectivity index (χ2n) is 4.62. The summed E-state index contributed by atoms with van der Waals surface area (Å²) in [6, 6.07) is 5.09. The van der Waals surface area contributed by atoms with E-state index in [2.05, 4.69) is 10.4 Å². The molecule has 0 fully saturated rings. The lowest BCUT2D eigenvalue weighted by atomic mass is 10.1. The molecule has 1 amide bonds. The molecule has 0 bridgehead atoms. The van der Waals surface area contributed by atoms with Crippen LogP contribution in [0.4, 0.5) is 0 Å². The predicted octanol–water partition coefficient (Wildman–Crippen LogP) is -0.277. The van der Waals surface area contributed by atoms with E-state index in [1.165, 1.54) is 4.40 Å². The van der Waals surface area contributed by atoms with E-state index in [1.807, 2.05) is 0 Å². The second kappa shape index (κ2) is 6.21. The SMILES string of the molecule is CCC(CNC(=O)Cn1nc2ccccn2c1=O)C(=O)O. The maximum absolute atomic E-state index is 12.0. The van der Waals surface area contributed by atoms with Gasteiger partial charge in [0.2, 0.25) is 5.91 Å². The zero-order chi connectivity index (χ0) is 15.4. The van der Waals surface area contributed by atoms with Crippen LogP contribution in [-0.2, 0) is 16.1 Å². The van der Waals surface area contributed by atoms with E-state index in [4.69, 9.17) is 5.11 Å². The molecule has 1 atom stereocenters. The number of aromatic nitrogens is 3. The number of amides is 1. The molecule has 2 N–H and O–H groups in total. The molecule has 0 aliphatic carbocycles. The van der Waals surface area contributed by atoms with Gasteiger partial charge in [0.05, 0.1) is 5.92 Å². The maximum atomic E-state index is 12.0. The lowest BCUT2D eigenvalue weighted by Gasteiger charge is -2.10. The number of pyridine rings is 1. The molecule has 112 valence electrons. The standard InChI is InChI=1S/C13H16N4O4/c1-2-9(12(19)20)7-14-11(18)8-17-13(21)16-6-4-3-5-10(16)15-17/h3-6,9H,2,7-8H2,1H3,(H,14,18)(H,19,20). The van der Waals surface area contributed by atoms with Gasteiger partial charge in [-0.1, -0.05) is 13.0 Å². The van der Waals surface area contributed by atoms with Crippen LogP contribution in [0.25, 0.3) is 5.65 Å².